The second-order valence-corrected chi connectivity index (χ2v) is 7.01. The molecule has 0 fully saturated rings. The molecule has 2 heterocycles. The maximum atomic E-state index is 13.7. The molecule has 0 spiro atoms. The van der Waals surface area contributed by atoms with Gasteiger partial charge < -0.3 is 8.94 Å². The van der Waals surface area contributed by atoms with Crippen LogP contribution in [0.4, 0.5) is 4.39 Å². The molecule has 0 saturated carbocycles. The zero-order chi connectivity index (χ0) is 18.8. The fraction of sp³-hybridized carbons (Fsp3) is 0.111. The molecular formula is C18H12ClFN4O2S. The lowest BCUT2D eigenvalue weighted by Crippen LogP contribution is -1.86. The predicted octanol–water partition coefficient (Wildman–Crippen LogP) is 5.18. The SMILES string of the molecule is Cc1ccc(-c2noc(CSc3nnc(-c4cccc(Cl)c4)o3)n2)cc1F. The van der Waals surface area contributed by atoms with E-state index >= 15 is 0 Å². The lowest BCUT2D eigenvalue weighted by Gasteiger charge is -1.97. The van der Waals surface area contributed by atoms with Crippen LogP contribution in [0.5, 0.6) is 0 Å². The minimum atomic E-state index is -0.312. The van der Waals surface area contributed by atoms with Crippen molar-refractivity contribution in [2.45, 2.75) is 17.9 Å². The van der Waals surface area contributed by atoms with E-state index < -0.39 is 0 Å². The topological polar surface area (TPSA) is 77.8 Å². The van der Waals surface area contributed by atoms with Gasteiger partial charge in [-0.2, -0.15) is 4.98 Å². The third-order valence-electron chi connectivity index (χ3n) is 3.70. The molecule has 2 aromatic carbocycles. The number of aromatic nitrogens is 4. The fourth-order valence-electron chi connectivity index (χ4n) is 2.29. The van der Waals surface area contributed by atoms with Gasteiger partial charge in [0, 0.05) is 16.1 Å². The van der Waals surface area contributed by atoms with Gasteiger partial charge >= 0.3 is 0 Å². The number of hydrogen-bond acceptors (Lipinski definition) is 7. The molecular weight excluding hydrogens is 391 g/mol. The molecule has 27 heavy (non-hydrogen) atoms. The minimum Gasteiger partial charge on any atom is -0.411 e. The van der Waals surface area contributed by atoms with Crippen LogP contribution >= 0.6 is 23.4 Å². The van der Waals surface area contributed by atoms with Crippen LogP contribution in [0.2, 0.25) is 5.02 Å². The Morgan fingerprint density at radius 3 is 2.81 bits per heavy atom. The Morgan fingerprint density at radius 2 is 2.00 bits per heavy atom. The molecule has 0 bridgehead atoms. The highest BCUT2D eigenvalue weighted by molar-refractivity contribution is 7.98. The fourth-order valence-corrected chi connectivity index (χ4v) is 3.08. The van der Waals surface area contributed by atoms with Crippen molar-refractivity contribution in [3.63, 3.8) is 0 Å². The summed E-state index contributed by atoms with van der Waals surface area (Å²) in [6, 6.07) is 12.0. The van der Waals surface area contributed by atoms with Crippen LogP contribution in [0.15, 0.2) is 56.6 Å². The Bertz CT molecular complexity index is 1100. The van der Waals surface area contributed by atoms with Crippen molar-refractivity contribution in [1.82, 2.24) is 20.3 Å². The largest absolute Gasteiger partial charge is 0.411 e. The molecule has 0 saturated heterocycles. The summed E-state index contributed by atoms with van der Waals surface area (Å²) in [7, 11) is 0. The molecule has 0 aliphatic heterocycles. The average molecular weight is 403 g/mol. The van der Waals surface area contributed by atoms with E-state index in [1.54, 1.807) is 31.2 Å². The standard InChI is InChI=1S/C18H12ClFN4O2S/c1-10-5-6-11(8-14(10)20)16-21-15(26-24-16)9-27-18-23-22-17(25-18)12-3-2-4-13(19)7-12/h2-8H,9H2,1H3. The van der Waals surface area contributed by atoms with Gasteiger partial charge in [0.2, 0.25) is 17.6 Å². The zero-order valence-corrected chi connectivity index (χ0v) is 15.6. The van der Waals surface area contributed by atoms with Crippen LogP contribution in [-0.4, -0.2) is 20.3 Å². The summed E-state index contributed by atoms with van der Waals surface area (Å²) in [5.74, 6) is 1.11. The lowest BCUT2D eigenvalue weighted by atomic mass is 10.1. The minimum absolute atomic E-state index is 0.312. The van der Waals surface area contributed by atoms with Crippen molar-refractivity contribution >= 4 is 23.4 Å². The van der Waals surface area contributed by atoms with Crippen LogP contribution < -0.4 is 0 Å². The van der Waals surface area contributed by atoms with E-state index in [1.807, 2.05) is 12.1 Å². The number of aryl methyl sites for hydroxylation is 1. The summed E-state index contributed by atoms with van der Waals surface area (Å²) in [6.45, 7) is 1.69. The van der Waals surface area contributed by atoms with Gasteiger partial charge in [0.25, 0.3) is 5.22 Å². The summed E-state index contributed by atoms with van der Waals surface area (Å²) in [5, 5.41) is 12.8. The normalized spacial score (nSPS) is 11.1. The molecule has 4 rings (SSSR count). The van der Waals surface area contributed by atoms with E-state index in [0.29, 0.717) is 44.7 Å². The first-order valence-electron chi connectivity index (χ1n) is 7.90. The number of rotatable bonds is 5. The van der Waals surface area contributed by atoms with Gasteiger partial charge in [0.15, 0.2) is 0 Å². The molecule has 9 heteroatoms. The van der Waals surface area contributed by atoms with Crippen LogP contribution in [0, 0.1) is 12.7 Å². The third-order valence-corrected chi connectivity index (χ3v) is 4.73. The van der Waals surface area contributed by atoms with Crippen molar-refractivity contribution in [2.75, 3.05) is 0 Å². The van der Waals surface area contributed by atoms with Crippen LogP contribution in [0.1, 0.15) is 11.5 Å². The van der Waals surface area contributed by atoms with Gasteiger partial charge in [-0.15, -0.1) is 10.2 Å². The van der Waals surface area contributed by atoms with Gasteiger partial charge in [0.05, 0.1) is 5.75 Å². The number of hydrogen-bond donors (Lipinski definition) is 0. The Labute approximate surface area is 162 Å². The highest BCUT2D eigenvalue weighted by Gasteiger charge is 2.14. The predicted molar refractivity (Wildman–Crippen MR) is 98.7 cm³/mol. The van der Waals surface area contributed by atoms with E-state index in [4.69, 9.17) is 20.5 Å². The molecule has 2 aromatic heterocycles. The number of thioether (sulfide) groups is 1. The van der Waals surface area contributed by atoms with E-state index in [-0.39, 0.29) is 5.82 Å². The summed E-state index contributed by atoms with van der Waals surface area (Å²) in [6.07, 6.45) is 0. The summed E-state index contributed by atoms with van der Waals surface area (Å²) in [5.41, 5.74) is 1.85. The molecule has 0 unspecified atom stereocenters. The molecule has 0 aliphatic carbocycles. The van der Waals surface area contributed by atoms with Crippen LogP contribution in [0.25, 0.3) is 22.8 Å². The Balaban J connectivity index is 1.44. The molecule has 0 atom stereocenters. The zero-order valence-electron chi connectivity index (χ0n) is 14.0. The first kappa shape index (κ1) is 17.7. The third kappa shape index (κ3) is 4.01. The van der Waals surface area contributed by atoms with E-state index in [0.717, 1.165) is 5.56 Å². The molecule has 0 aliphatic rings. The Hall–Kier alpha value is -2.71. The molecule has 136 valence electrons. The van der Waals surface area contributed by atoms with Gasteiger partial charge in [-0.1, -0.05) is 46.7 Å². The molecule has 4 aromatic rings. The molecule has 0 amide bonds. The maximum absolute atomic E-state index is 13.7. The van der Waals surface area contributed by atoms with Crippen LogP contribution in [-0.2, 0) is 5.75 Å². The molecule has 0 N–H and O–H groups in total. The van der Waals surface area contributed by atoms with E-state index in [2.05, 4.69) is 20.3 Å². The van der Waals surface area contributed by atoms with Gasteiger partial charge in [-0.25, -0.2) is 4.39 Å². The first-order chi connectivity index (χ1) is 13.1. The second-order valence-electron chi connectivity index (χ2n) is 5.65. The van der Waals surface area contributed by atoms with Gasteiger partial charge in [-0.05, 0) is 36.8 Å². The Kier molecular flexibility index (Phi) is 4.91. The summed E-state index contributed by atoms with van der Waals surface area (Å²) in [4.78, 5) is 4.27. The average Bonchev–Trinajstić information content (AvgIpc) is 3.32. The lowest BCUT2D eigenvalue weighted by molar-refractivity contribution is 0.391. The van der Waals surface area contributed by atoms with Crippen molar-refractivity contribution in [2.24, 2.45) is 0 Å². The summed E-state index contributed by atoms with van der Waals surface area (Å²) < 4.78 is 24.5. The van der Waals surface area contributed by atoms with Crippen LogP contribution in [0.3, 0.4) is 0 Å². The van der Waals surface area contributed by atoms with Gasteiger partial charge in [-0.3, -0.25) is 0 Å². The first-order valence-corrected chi connectivity index (χ1v) is 9.26. The quantitative estimate of drug-likeness (QED) is 0.425. The Morgan fingerprint density at radius 1 is 1.11 bits per heavy atom. The second kappa shape index (κ2) is 7.50. The van der Waals surface area contributed by atoms with E-state index in [1.165, 1.54) is 17.8 Å². The number of nitrogens with zero attached hydrogens (tertiary/aromatic N) is 4. The van der Waals surface area contributed by atoms with Crippen molar-refractivity contribution < 1.29 is 13.3 Å². The molecule has 0 radical (unpaired) electrons. The number of benzene rings is 2. The van der Waals surface area contributed by atoms with Crippen molar-refractivity contribution in [1.29, 1.82) is 0 Å². The monoisotopic (exact) mass is 402 g/mol. The number of halogens is 2. The summed E-state index contributed by atoms with van der Waals surface area (Å²) >= 11 is 7.23. The van der Waals surface area contributed by atoms with Crippen molar-refractivity contribution in [3.05, 3.63) is 64.8 Å². The van der Waals surface area contributed by atoms with Gasteiger partial charge in [0.1, 0.15) is 5.82 Å². The molecule has 6 nitrogen and oxygen atoms in total. The highest BCUT2D eigenvalue weighted by atomic mass is 35.5. The maximum Gasteiger partial charge on any atom is 0.277 e. The smallest absolute Gasteiger partial charge is 0.277 e. The van der Waals surface area contributed by atoms with Crippen molar-refractivity contribution in [3.8, 4) is 22.8 Å². The highest BCUT2D eigenvalue weighted by Crippen LogP contribution is 2.27. The van der Waals surface area contributed by atoms with E-state index in [9.17, 15) is 4.39 Å².